The lowest BCUT2D eigenvalue weighted by molar-refractivity contribution is -0.141. The number of aromatic amines is 1. The maximum Gasteiger partial charge on any atom is 0.325 e. The molecule has 0 amide bonds. The zero-order valence-electron chi connectivity index (χ0n) is 14.4. The topological polar surface area (TPSA) is 100 Å². The highest BCUT2D eigenvalue weighted by Crippen LogP contribution is 2.43. The molecule has 0 saturated carbocycles. The Bertz CT molecular complexity index is 1160. The Kier molecular flexibility index (Phi) is 4.05. The van der Waals surface area contributed by atoms with Crippen LogP contribution in [0, 0.1) is 5.92 Å². The SMILES string of the molecule is CC(C(=O)O)(C1Cc2[nH]c3ccc(Cl)cc3c2C1)S(=O)(=O)c1ccccn1. The third-order valence-corrected chi connectivity index (χ3v) is 8.18. The molecule has 0 spiro atoms. The fourth-order valence-corrected chi connectivity index (χ4v) is 5.77. The summed E-state index contributed by atoms with van der Waals surface area (Å²) in [4.78, 5) is 19.3. The van der Waals surface area contributed by atoms with Gasteiger partial charge in [-0.3, -0.25) is 4.79 Å². The van der Waals surface area contributed by atoms with Crippen molar-refractivity contribution in [2.75, 3.05) is 0 Å². The molecule has 2 heterocycles. The zero-order chi connectivity index (χ0) is 19.4. The standard InChI is InChI=1S/C19H17ClN2O4S/c1-19(18(23)24,27(25,26)17-4-2-3-7-21-17)11-8-13-14-10-12(20)5-6-15(14)22-16(13)9-11/h2-7,10-11,22H,8-9H2,1H3,(H,23,24). The first-order valence-electron chi connectivity index (χ1n) is 8.43. The number of carboxylic acid groups (broad SMARTS) is 1. The minimum Gasteiger partial charge on any atom is -0.480 e. The fraction of sp³-hybridized carbons (Fsp3) is 0.263. The normalized spacial score (nSPS) is 19.0. The van der Waals surface area contributed by atoms with Crippen LogP contribution in [0.15, 0.2) is 47.6 Å². The number of fused-ring (bicyclic) bond motifs is 3. The van der Waals surface area contributed by atoms with Gasteiger partial charge < -0.3 is 10.1 Å². The van der Waals surface area contributed by atoms with E-state index in [2.05, 4.69) is 9.97 Å². The first-order chi connectivity index (χ1) is 12.7. The molecule has 8 heteroatoms. The number of rotatable bonds is 4. The number of hydrogen-bond donors (Lipinski definition) is 2. The van der Waals surface area contributed by atoms with Gasteiger partial charge in [-0.1, -0.05) is 17.7 Å². The molecule has 3 aromatic rings. The summed E-state index contributed by atoms with van der Waals surface area (Å²) >= 11 is 6.09. The van der Waals surface area contributed by atoms with Gasteiger partial charge in [-0.05, 0) is 61.6 Å². The van der Waals surface area contributed by atoms with E-state index in [0.717, 1.165) is 22.2 Å². The van der Waals surface area contributed by atoms with Crippen LogP contribution >= 0.6 is 11.6 Å². The molecule has 2 aromatic heterocycles. The van der Waals surface area contributed by atoms with Crippen LogP contribution in [-0.2, 0) is 27.5 Å². The highest BCUT2D eigenvalue weighted by atomic mass is 35.5. The maximum absolute atomic E-state index is 13.2. The van der Waals surface area contributed by atoms with Crippen LogP contribution in [-0.4, -0.2) is 34.2 Å². The molecule has 27 heavy (non-hydrogen) atoms. The second-order valence-electron chi connectivity index (χ2n) is 6.96. The fourth-order valence-electron chi connectivity index (χ4n) is 3.87. The number of benzene rings is 1. The Labute approximate surface area is 161 Å². The van der Waals surface area contributed by atoms with Crippen LogP contribution in [0.5, 0.6) is 0 Å². The van der Waals surface area contributed by atoms with E-state index in [-0.39, 0.29) is 5.03 Å². The molecule has 0 saturated heterocycles. The smallest absolute Gasteiger partial charge is 0.325 e. The lowest BCUT2D eigenvalue weighted by Crippen LogP contribution is -2.50. The van der Waals surface area contributed by atoms with Crippen LogP contribution in [0.2, 0.25) is 5.02 Å². The number of aromatic nitrogens is 2. The largest absolute Gasteiger partial charge is 0.480 e. The van der Waals surface area contributed by atoms with Gasteiger partial charge in [0.15, 0.2) is 9.77 Å². The molecule has 6 nitrogen and oxygen atoms in total. The molecule has 0 aliphatic heterocycles. The van der Waals surface area contributed by atoms with Gasteiger partial charge in [0.05, 0.1) is 0 Å². The van der Waals surface area contributed by atoms with Crippen molar-refractivity contribution in [2.45, 2.75) is 29.5 Å². The maximum atomic E-state index is 13.2. The molecule has 2 unspecified atom stereocenters. The molecule has 2 atom stereocenters. The Balaban J connectivity index is 1.80. The number of nitrogens with zero attached hydrogens (tertiary/aromatic N) is 1. The van der Waals surface area contributed by atoms with E-state index in [4.69, 9.17) is 11.6 Å². The van der Waals surface area contributed by atoms with Crippen molar-refractivity contribution in [3.8, 4) is 0 Å². The number of aliphatic carboxylic acids is 1. The predicted octanol–water partition coefficient (Wildman–Crippen LogP) is 3.25. The summed E-state index contributed by atoms with van der Waals surface area (Å²) in [5, 5.41) is 11.2. The Morgan fingerprint density at radius 3 is 2.74 bits per heavy atom. The summed E-state index contributed by atoms with van der Waals surface area (Å²) in [5.41, 5.74) is 2.70. The van der Waals surface area contributed by atoms with Gasteiger partial charge in [0, 0.05) is 27.8 Å². The van der Waals surface area contributed by atoms with Crippen molar-refractivity contribution < 1.29 is 18.3 Å². The average molecular weight is 405 g/mol. The molecule has 0 fully saturated rings. The van der Waals surface area contributed by atoms with E-state index < -0.39 is 26.5 Å². The van der Waals surface area contributed by atoms with Gasteiger partial charge in [-0.15, -0.1) is 0 Å². The van der Waals surface area contributed by atoms with Gasteiger partial charge in [0.1, 0.15) is 0 Å². The second kappa shape index (κ2) is 6.07. The minimum atomic E-state index is -4.19. The third kappa shape index (κ3) is 2.56. The highest BCUT2D eigenvalue weighted by molar-refractivity contribution is 7.93. The van der Waals surface area contributed by atoms with Crippen LogP contribution in [0.1, 0.15) is 18.2 Å². The van der Waals surface area contributed by atoms with E-state index in [1.807, 2.05) is 12.1 Å². The van der Waals surface area contributed by atoms with Crippen molar-refractivity contribution in [3.05, 3.63) is 58.9 Å². The van der Waals surface area contributed by atoms with E-state index in [0.29, 0.717) is 17.9 Å². The number of carbonyl (C=O) groups is 1. The lowest BCUT2D eigenvalue weighted by Gasteiger charge is -2.30. The molecule has 0 radical (unpaired) electrons. The van der Waals surface area contributed by atoms with E-state index in [9.17, 15) is 18.3 Å². The number of carboxylic acids is 1. The van der Waals surface area contributed by atoms with E-state index in [1.165, 1.54) is 25.3 Å². The van der Waals surface area contributed by atoms with Crippen LogP contribution in [0.4, 0.5) is 0 Å². The Morgan fingerprint density at radius 1 is 1.30 bits per heavy atom. The average Bonchev–Trinajstić information content (AvgIpc) is 3.20. The predicted molar refractivity (Wildman–Crippen MR) is 102 cm³/mol. The number of sulfone groups is 1. The molecule has 2 N–H and O–H groups in total. The molecule has 140 valence electrons. The summed E-state index contributed by atoms with van der Waals surface area (Å²) in [7, 11) is -4.19. The summed E-state index contributed by atoms with van der Waals surface area (Å²) < 4.78 is 24.4. The van der Waals surface area contributed by atoms with E-state index in [1.54, 1.807) is 12.1 Å². The van der Waals surface area contributed by atoms with Crippen molar-refractivity contribution in [1.29, 1.82) is 0 Å². The second-order valence-corrected chi connectivity index (χ2v) is 9.67. The first-order valence-corrected chi connectivity index (χ1v) is 10.3. The molecule has 1 aliphatic carbocycles. The summed E-state index contributed by atoms with van der Waals surface area (Å²) in [5.74, 6) is -1.99. The summed E-state index contributed by atoms with van der Waals surface area (Å²) in [6.07, 6.45) is 2.02. The van der Waals surface area contributed by atoms with Crippen LogP contribution in [0.3, 0.4) is 0 Å². The van der Waals surface area contributed by atoms with Gasteiger partial charge in [-0.25, -0.2) is 13.4 Å². The molecule has 4 rings (SSSR count). The van der Waals surface area contributed by atoms with Crippen molar-refractivity contribution >= 4 is 38.3 Å². The van der Waals surface area contributed by atoms with Crippen LogP contribution < -0.4 is 0 Å². The van der Waals surface area contributed by atoms with Gasteiger partial charge in [0.2, 0.25) is 9.84 Å². The number of nitrogens with one attached hydrogen (secondary N) is 1. The Hall–Kier alpha value is -2.38. The molecule has 1 aliphatic rings. The number of hydrogen-bond acceptors (Lipinski definition) is 4. The Morgan fingerprint density at radius 2 is 2.07 bits per heavy atom. The highest BCUT2D eigenvalue weighted by Gasteiger charge is 2.55. The minimum absolute atomic E-state index is 0.224. The third-order valence-electron chi connectivity index (χ3n) is 5.53. The monoisotopic (exact) mass is 404 g/mol. The first kappa shape index (κ1) is 18.0. The quantitative estimate of drug-likeness (QED) is 0.695. The van der Waals surface area contributed by atoms with Crippen molar-refractivity contribution in [2.24, 2.45) is 5.92 Å². The summed E-state index contributed by atoms with van der Waals surface area (Å²) in [6.45, 7) is 1.28. The lowest BCUT2D eigenvalue weighted by atomic mass is 9.90. The van der Waals surface area contributed by atoms with Gasteiger partial charge in [0.25, 0.3) is 0 Å². The molecule has 0 bridgehead atoms. The van der Waals surface area contributed by atoms with Crippen molar-refractivity contribution in [3.63, 3.8) is 0 Å². The molecular weight excluding hydrogens is 388 g/mol. The van der Waals surface area contributed by atoms with Crippen molar-refractivity contribution in [1.82, 2.24) is 9.97 Å². The van der Waals surface area contributed by atoms with E-state index >= 15 is 0 Å². The molecular formula is C19H17ClN2O4S. The van der Waals surface area contributed by atoms with Gasteiger partial charge >= 0.3 is 5.97 Å². The number of halogens is 1. The summed E-state index contributed by atoms with van der Waals surface area (Å²) in [6, 6.07) is 9.92. The van der Waals surface area contributed by atoms with Crippen LogP contribution in [0.25, 0.3) is 10.9 Å². The number of pyridine rings is 1. The van der Waals surface area contributed by atoms with Gasteiger partial charge in [-0.2, -0.15) is 0 Å². The number of H-pyrrole nitrogens is 1. The molecule has 1 aromatic carbocycles. The zero-order valence-corrected chi connectivity index (χ0v) is 16.0.